The summed E-state index contributed by atoms with van der Waals surface area (Å²) in [6, 6.07) is 14.6. The Balaban J connectivity index is 0.00000180. The number of hydrogen-bond acceptors (Lipinski definition) is 3. The van der Waals surface area contributed by atoms with Gasteiger partial charge in [-0.1, -0.05) is 18.2 Å². The Morgan fingerprint density at radius 3 is 2.67 bits per heavy atom. The van der Waals surface area contributed by atoms with Crippen molar-refractivity contribution in [3.8, 4) is 11.1 Å². The molecule has 3 aromatic rings. The number of rotatable bonds is 2. The molecule has 0 unspecified atom stereocenters. The van der Waals surface area contributed by atoms with E-state index in [9.17, 15) is 4.79 Å². The van der Waals surface area contributed by atoms with Gasteiger partial charge in [-0.05, 0) is 67.7 Å². The fourth-order valence-corrected chi connectivity index (χ4v) is 4.41. The van der Waals surface area contributed by atoms with Crippen LogP contribution >= 0.6 is 12.4 Å². The van der Waals surface area contributed by atoms with Crippen LogP contribution in [-0.2, 0) is 4.79 Å². The van der Waals surface area contributed by atoms with Gasteiger partial charge in [-0.2, -0.15) is 5.10 Å². The first kappa shape index (κ1) is 18.0. The number of fused-ring (bicyclic) bond motifs is 1. The number of halogens is 1. The quantitative estimate of drug-likeness (QED) is 0.709. The molecule has 3 heterocycles. The number of aromatic nitrogens is 2. The van der Waals surface area contributed by atoms with E-state index in [1.165, 1.54) is 0 Å². The summed E-state index contributed by atoms with van der Waals surface area (Å²) in [7, 11) is 0. The van der Waals surface area contributed by atoms with Gasteiger partial charge in [0, 0.05) is 17.6 Å². The number of carbonyl (C=O) groups is 1. The van der Waals surface area contributed by atoms with Crippen LogP contribution in [0, 0.1) is 5.41 Å². The molecule has 0 radical (unpaired) electrons. The van der Waals surface area contributed by atoms with Gasteiger partial charge >= 0.3 is 0 Å². The highest BCUT2D eigenvalue weighted by molar-refractivity contribution is 6.00. The molecule has 27 heavy (non-hydrogen) atoms. The number of H-pyrrole nitrogens is 1. The molecule has 5 rings (SSSR count). The number of aromatic amines is 1. The van der Waals surface area contributed by atoms with Gasteiger partial charge in [0.1, 0.15) is 0 Å². The molecule has 1 amide bonds. The lowest BCUT2D eigenvalue weighted by molar-refractivity contribution is -0.126. The molecule has 2 saturated heterocycles. The Labute approximate surface area is 164 Å². The second-order valence-corrected chi connectivity index (χ2v) is 7.46. The maximum atomic E-state index is 13.2. The van der Waals surface area contributed by atoms with Gasteiger partial charge in [0.25, 0.3) is 0 Å². The Bertz CT molecular complexity index is 977. The molecule has 2 fully saturated rings. The van der Waals surface area contributed by atoms with Gasteiger partial charge in [0.05, 0.1) is 17.1 Å². The molecule has 6 heteroatoms. The van der Waals surface area contributed by atoms with Crippen molar-refractivity contribution in [1.82, 2.24) is 15.5 Å². The summed E-state index contributed by atoms with van der Waals surface area (Å²) in [5.74, 6) is 0.307. The van der Waals surface area contributed by atoms with Crippen molar-refractivity contribution in [3.63, 3.8) is 0 Å². The van der Waals surface area contributed by atoms with Crippen LogP contribution in [0.15, 0.2) is 48.7 Å². The lowest BCUT2D eigenvalue weighted by atomic mass is 9.77. The molecule has 140 valence electrons. The smallest absolute Gasteiger partial charge is 0.233 e. The molecule has 0 atom stereocenters. The second-order valence-electron chi connectivity index (χ2n) is 7.46. The van der Waals surface area contributed by atoms with Crippen molar-refractivity contribution in [2.45, 2.75) is 19.3 Å². The number of carbonyl (C=O) groups excluding carboxylic acids is 1. The molecule has 5 nitrogen and oxygen atoms in total. The van der Waals surface area contributed by atoms with E-state index in [0.717, 1.165) is 66.6 Å². The van der Waals surface area contributed by atoms with E-state index in [0.29, 0.717) is 5.91 Å². The fraction of sp³-hybridized carbons (Fsp3) is 0.333. The van der Waals surface area contributed by atoms with Gasteiger partial charge in [-0.3, -0.25) is 9.89 Å². The minimum Gasteiger partial charge on any atom is -0.317 e. The normalized spacial score (nSPS) is 18.8. The van der Waals surface area contributed by atoms with Gasteiger partial charge in [0.15, 0.2) is 0 Å². The monoisotopic (exact) mass is 382 g/mol. The van der Waals surface area contributed by atoms with Crippen LogP contribution in [0.2, 0.25) is 0 Å². The number of nitrogens with one attached hydrogen (secondary N) is 2. The summed E-state index contributed by atoms with van der Waals surface area (Å²) in [5.41, 5.74) is 4.17. The molecular weight excluding hydrogens is 360 g/mol. The number of piperidine rings is 1. The van der Waals surface area contributed by atoms with Gasteiger partial charge in [-0.15, -0.1) is 12.4 Å². The molecular formula is C21H23ClN4O. The van der Waals surface area contributed by atoms with Crippen LogP contribution in [0.1, 0.15) is 19.3 Å². The molecule has 0 saturated carbocycles. The van der Waals surface area contributed by atoms with E-state index in [1.807, 2.05) is 17.2 Å². The summed E-state index contributed by atoms with van der Waals surface area (Å²) in [4.78, 5) is 15.1. The maximum Gasteiger partial charge on any atom is 0.233 e. The topological polar surface area (TPSA) is 61.0 Å². The van der Waals surface area contributed by atoms with E-state index < -0.39 is 0 Å². The van der Waals surface area contributed by atoms with Gasteiger partial charge < -0.3 is 10.2 Å². The molecule has 1 aromatic heterocycles. The standard InChI is InChI=1S/C21H22N4O.ClH/c26-20-21(6-9-22-10-7-21)8-11-25(20)18-3-1-2-15(13-18)16-4-5-19-17(12-16)14-23-24-19;/h1-5,12-14,22H,6-11H2,(H,23,24);1H. The maximum absolute atomic E-state index is 13.2. The van der Waals surface area contributed by atoms with Gasteiger partial charge in [-0.25, -0.2) is 0 Å². The summed E-state index contributed by atoms with van der Waals surface area (Å²) in [5, 5.41) is 11.5. The molecule has 2 aliphatic rings. The van der Waals surface area contributed by atoms with E-state index in [4.69, 9.17) is 0 Å². The van der Waals surface area contributed by atoms with Crippen molar-refractivity contribution >= 4 is 34.9 Å². The van der Waals surface area contributed by atoms with Crippen LogP contribution < -0.4 is 10.2 Å². The summed E-state index contributed by atoms with van der Waals surface area (Å²) in [6.07, 6.45) is 4.73. The molecule has 2 N–H and O–H groups in total. The number of amides is 1. The average Bonchev–Trinajstić information content (AvgIpc) is 3.28. The van der Waals surface area contributed by atoms with E-state index in [-0.39, 0.29) is 17.8 Å². The SMILES string of the molecule is Cl.O=C1N(c2cccc(-c3ccc4[nH]ncc4c3)c2)CCC12CCNCC2. The highest BCUT2D eigenvalue weighted by Gasteiger charge is 2.47. The number of benzene rings is 2. The fourth-order valence-electron chi connectivity index (χ4n) is 4.41. The van der Waals surface area contributed by atoms with E-state index in [1.54, 1.807) is 0 Å². The van der Waals surface area contributed by atoms with Crippen LogP contribution in [0.4, 0.5) is 5.69 Å². The summed E-state index contributed by atoms with van der Waals surface area (Å²) >= 11 is 0. The molecule has 0 bridgehead atoms. The van der Waals surface area contributed by atoms with Crippen molar-refractivity contribution in [3.05, 3.63) is 48.7 Å². The predicted octanol–water partition coefficient (Wildman–Crippen LogP) is 3.76. The second kappa shape index (κ2) is 6.98. The highest BCUT2D eigenvalue weighted by atomic mass is 35.5. The first-order chi connectivity index (χ1) is 12.8. The van der Waals surface area contributed by atoms with Crippen LogP contribution in [0.3, 0.4) is 0 Å². The Morgan fingerprint density at radius 2 is 1.81 bits per heavy atom. The van der Waals surface area contributed by atoms with Crippen LogP contribution in [0.5, 0.6) is 0 Å². The third-order valence-corrected chi connectivity index (χ3v) is 6.00. The molecule has 1 spiro atoms. The third kappa shape index (κ3) is 3.01. The Morgan fingerprint density at radius 1 is 1.00 bits per heavy atom. The number of nitrogens with zero attached hydrogens (tertiary/aromatic N) is 2. The zero-order valence-corrected chi connectivity index (χ0v) is 15.9. The summed E-state index contributed by atoms with van der Waals surface area (Å²) < 4.78 is 0. The van der Waals surface area contributed by atoms with Crippen molar-refractivity contribution in [2.24, 2.45) is 5.41 Å². The van der Waals surface area contributed by atoms with Crippen molar-refractivity contribution < 1.29 is 4.79 Å². The first-order valence-corrected chi connectivity index (χ1v) is 9.32. The van der Waals surface area contributed by atoms with Crippen LogP contribution in [-0.4, -0.2) is 35.7 Å². The predicted molar refractivity (Wildman–Crippen MR) is 110 cm³/mol. The number of anilines is 1. The minimum atomic E-state index is -0.142. The largest absolute Gasteiger partial charge is 0.317 e. The first-order valence-electron chi connectivity index (χ1n) is 9.32. The lowest BCUT2D eigenvalue weighted by Gasteiger charge is -2.32. The summed E-state index contributed by atoms with van der Waals surface area (Å²) in [6.45, 7) is 2.72. The Kier molecular flexibility index (Phi) is 4.66. The van der Waals surface area contributed by atoms with Crippen molar-refractivity contribution in [1.29, 1.82) is 0 Å². The molecule has 0 aliphatic carbocycles. The molecule has 2 aromatic carbocycles. The van der Waals surface area contributed by atoms with E-state index >= 15 is 0 Å². The zero-order chi connectivity index (χ0) is 17.6. The van der Waals surface area contributed by atoms with Gasteiger partial charge in [0.2, 0.25) is 5.91 Å². The average molecular weight is 383 g/mol. The highest BCUT2D eigenvalue weighted by Crippen LogP contribution is 2.42. The van der Waals surface area contributed by atoms with Crippen molar-refractivity contribution in [2.75, 3.05) is 24.5 Å². The third-order valence-electron chi connectivity index (χ3n) is 6.00. The zero-order valence-electron chi connectivity index (χ0n) is 15.1. The van der Waals surface area contributed by atoms with Crippen LogP contribution in [0.25, 0.3) is 22.0 Å². The lowest BCUT2D eigenvalue weighted by Crippen LogP contribution is -2.42. The van der Waals surface area contributed by atoms with E-state index in [2.05, 4.69) is 51.9 Å². The number of hydrogen-bond donors (Lipinski definition) is 2. The molecule has 2 aliphatic heterocycles. The Hall–Kier alpha value is -2.37. The minimum absolute atomic E-state index is 0.